The molecule has 0 unspecified atom stereocenters. The Bertz CT molecular complexity index is 981. The average molecular weight is 331 g/mol. The van der Waals surface area contributed by atoms with E-state index in [1.807, 2.05) is 24.3 Å². The Kier molecular flexibility index (Phi) is 3.50. The largest absolute Gasteiger partial charge is 0.338 e. The maximum atomic E-state index is 13.2. The van der Waals surface area contributed by atoms with E-state index in [-0.39, 0.29) is 17.5 Å². The van der Waals surface area contributed by atoms with E-state index in [1.54, 1.807) is 18.3 Å². The topological polar surface area (TPSA) is 75.9 Å². The molecule has 0 bridgehead atoms. The maximum absolute atomic E-state index is 13.2. The molecule has 5 nitrogen and oxygen atoms in total. The molecule has 0 amide bonds. The lowest BCUT2D eigenvalue weighted by molar-refractivity contribution is 0.628. The molecule has 25 heavy (non-hydrogen) atoms. The summed E-state index contributed by atoms with van der Waals surface area (Å²) < 4.78 is 13.2. The van der Waals surface area contributed by atoms with Crippen molar-refractivity contribution < 1.29 is 4.39 Å². The van der Waals surface area contributed by atoms with E-state index in [2.05, 4.69) is 10.3 Å². The zero-order valence-electron chi connectivity index (χ0n) is 13.1. The quantitative estimate of drug-likeness (QED) is 0.463. The number of hydrogen-bond donors (Lipinski definition) is 3. The Hall–Kier alpha value is -3.54. The van der Waals surface area contributed by atoms with E-state index in [4.69, 9.17) is 10.8 Å². The van der Waals surface area contributed by atoms with Crippen LogP contribution in [0, 0.1) is 16.6 Å². The Morgan fingerprint density at radius 3 is 2.56 bits per heavy atom. The third kappa shape index (κ3) is 2.53. The highest BCUT2D eigenvalue weighted by Crippen LogP contribution is 2.34. The van der Waals surface area contributed by atoms with Crippen molar-refractivity contribution in [3.05, 3.63) is 83.8 Å². The number of para-hydroxylation sites is 1. The summed E-state index contributed by atoms with van der Waals surface area (Å²) in [7, 11) is 0. The van der Waals surface area contributed by atoms with Crippen LogP contribution in [0.5, 0.6) is 0 Å². The van der Waals surface area contributed by atoms with Crippen molar-refractivity contribution in [2.45, 2.75) is 0 Å². The van der Waals surface area contributed by atoms with E-state index in [1.165, 1.54) is 29.2 Å². The molecule has 4 rings (SSSR count). The molecule has 3 aromatic rings. The number of hydrogen-bond acceptors (Lipinski definition) is 4. The number of aromatic nitrogens is 1. The number of amidine groups is 2. The van der Waals surface area contributed by atoms with Gasteiger partial charge in [0.1, 0.15) is 17.5 Å². The van der Waals surface area contributed by atoms with Gasteiger partial charge in [-0.2, -0.15) is 0 Å². The van der Waals surface area contributed by atoms with Crippen molar-refractivity contribution in [1.82, 2.24) is 4.98 Å². The minimum atomic E-state index is -0.364. The molecule has 0 aliphatic carbocycles. The smallest absolute Gasteiger partial charge is 0.154 e. The van der Waals surface area contributed by atoms with E-state index < -0.39 is 0 Å². The van der Waals surface area contributed by atoms with Gasteiger partial charge in [-0.25, -0.2) is 9.37 Å². The number of nitrogens with one attached hydrogen (secondary N) is 3. The first-order chi connectivity index (χ1) is 12.1. The molecule has 122 valence electrons. The molecule has 0 saturated carbocycles. The SMILES string of the molecule is N=C(c1ccc(F)cc1)N1C(=N)c2ccccc2Nc2ncccc21. The molecule has 1 aliphatic rings. The summed E-state index contributed by atoms with van der Waals surface area (Å²) in [6.07, 6.45) is 1.66. The van der Waals surface area contributed by atoms with E-state index in [0.29, 0.717) is 22.6 Å². The van der Waals surface area contributed by atoms with Crippen LogP contribution in [0.1, 0.15) is 11.1 Å². The van der Waals surface area contributed by atoms with Gasteiger partial charge in [0, 0.05) is 17.3 Å². The van der Waals surface area contributed by atoms with Crippen molar-refractivity contribution in [1.29, 1.82) is 10.8 Å². The number of pyridine rings is 1. The molecule has 0 spiro atoms. The van der Waals surface area contributed by atoms with Gasteiger partial charge in [0.2, 0.25) is 0 Å². The molecule has 0 saturated heterocycles. The Balaban J connectivity index is 1.89. The van der Waals surface area contributed by atoms with E-state index >= 15 is 0 Å². The van der Waals surface area contributed by atoms with Crippen LogP contribution >= 0.6 is 0 Å². The molecular formula is C19H14FN5. The number of rotatable bonds is 1. The minimum absolute atomic E-state index is 0.0813. The molecule has 0 atom stereocenters. The second-order valence-electron chi connectivity index (χ2n) is 5.58. The van der Waals surface area contributed by atoms with E-state index in [0.717, 1.165) is 5.69 Å². The summed E-state index contributed by atoms with van der Waals surface area (Å²) in [5.74, 6) is 0.433. The summed E-state index contributed by atoms with van der Waals surface area (Å²) in [4.78, 5) is 5.86. The van der Waals surface area contributed by atoms with E-state index in [9.17, 15) is 4.39 Å². The highest BCUT2D eigenvalue weighted by molar-refractivity contribution is 6.30. The highest BCUT2D eigenvalue weighted by atomic mass is 19.1. The third-order valence-electron chi connectivity index (χ3n) is 4.03. The van der Waals surface area contributed by atoms with Gasteiger partial charge in [0.05, 0.1) is 11.4 Å². The standard InChI is InChI=1S/C19H14FN5/c20-13-9-7-12(8-10-13)17(21)25-16-6-3-11-23-19(16)24-15-5-2-1-4-14(15)18(25)22/h1-11,21-22H,(H,23,24). The van der Waals surface area contributed by atoms with Crippen molar-refractivity contribution in [3.8, 4) is 0 Å². The molecule has 2 heterocycles. The molecule has 0 fully saturated rings. The lowest BCUT2D eigenvalue weighted by atomic mass is 10.1. The molecule has 1 aromatic heterocycles. The van der Waals surface area contributed by atoms with Crippen molar-refractivity contribution in [2.75, 3.05) is 10.2 Å². The minimum Gasteiger partial charge on any atom is -0.338 e. The van der Waals surface area contributed by atoms with Crippen LogP contribution in [0.3, 0.4) is 0 Å². The number of halogens is 1. The molecule has 2 aromatic carbocycles. The Morgan fingerprint density at radius 1 is 1.00 bits per heavy atom. The van der Waals surface area contributed by atoms with Crippen LogP contribution in [0.15, 0.2) is 66.9 Å². The molecule has 6 heteroatoms. The lowest BCUT2D eigenvalue weighted by Crippen LogP contribution is -2.36. The first kappa shape index (κ1) is 15.0. The molecule has 3 N–H and O–H groups in total. The highest BCUT2D eigenvalue weighted by Gasteiger charge is 2.28. The number of anilines is 3. The zero-order chi connectivity index (χ0) is 17.4. The molecular weight excluding hydrogens is 317 g/mol. The lowest BCUT2D eigenvalue weighted by Gasteiger charge is -2.25. The van der Waals surface area contributed by atoms with Gasteiger partial charge in [-0.1, -0.05) is 12.1 Å². The maximum Gasteiger partial charge on any atom is 0.154 e. The summed E-state index contributed by atoms with van der Waals surface area (Å²) >= 11 is 0. The first-order valence-electron chi connectivity index (χ1n) is 7.70. The average Bonchev–Trinajstić information content (AvgIpc) is 2.76. The van der Waals surface area contributed by atoms with Crippen LogP contribution < -0.4 is 10.2 Å². The summed E-state index contributed by atoms with van der Waals surface area (Å²) in [5.41, 5.74) is 2.52. The molecule has 0 radical (unpaired) electrons. The van der Waals surface area contributed by atoms with Crippen LogP contribution in [-0.2, 0) is 0 Å². The monoisotopic (exact) mass is 331 g/mol. The zero-order valence-corrected chi connectivity index (χ0v) is 13.1. The van der Waals surface area contributed by atoms with Crippen molar-refractivity contribution >= 4 is 28.9 Å². The fourth-order valence-electron chi connectivity index (χ4n) is 2.81. The predicted molar refractivity (Wildman–Crippen MR) is 96.5 cm³/mol. The second-order valence-corrected chi connectivity index (χ2v) is 5.58. The second kappa shape index (κ2) is 5.83. The predicted octanol–water partition coefficient (Wildman–Crippen LogP) is 4.14. The van der Waals surface area contributed by atoms with Gasteiger partial charge in [0.15, 0.2) is 5.82 Å². The van der Waals surface area contributed by atoms with Gasteiger partial charge >= 0.3 is 0 Å². The summed E-state index contributed by atoms with van der Waals surface area (Å²) in [5, 5.41) is 20.5. The fraction of sp³-hybridized carbons (Fsp3) is 0. The van der Waals surface area contributed by atoms with Crippen molar-refractivity contribution in [3.63, 3.8) is 0 Å². The normalized spacial score (nSPS) is 12.7. The number of fused-ring (bicyclic) bond motifs is 2. The first-order valence-corrected chi connectivity index (χ1v) is 7.70. The van der Waals surface area contributed by atoms with Gasteiger partial charge < -0.3 is 5.32 Å². The number of benzene rings is 2. The Labute approximate surface area is 143 Å². The van der Waals surface area contributed by atoms with Gasteiger partial charge in [-0.3, -0.25) is 15.7 Å². The Morgan fingerprint density at radius 2 is 1.76 bits per heavy atom. The number of nitrogens with zero attached hydrogens (tertiary/aromatic N) is 2. The van der Waals surface area contributed by atoms with Gasteiger partial charge in [-0.15, -0.1) is 0 Å². The van der Waals surface area contributed by atoms with Crippen LogP contribution in [0.4, 0.5) is 21.6 Å². The van der Waals surface area contributed by atoms with Crippen LogP contribution in [0.2, 0.25) is 0 Å². The summed E-state index contributed by atoms with van der Waals surface area (Å²) in [6, 6.07) is 16.7. The van der Waals surface area contributed by atoms with Crippen LogP contribution in [-0.4, -0.2) is 16.7 Å². The van der Waals surface area contributed by atoms with Gasteiger partial charge in [0.25, 0.3) is 0 Å². The fourth-order valence-corrected chi connectivity index (χ4v) is 2.81. The van der Waals surface area contributed by atoms with Gasteiger partial charge in [-0.05, 0) is 48.5 Å². The van der Waals surface area contributed by atoms with Crippen molar-refractivity contribution in [2.24, 2.45) is 0 Å². The summed E-state index contributed by atoms with van der Waals surface area (Å²) in [6.45, 7) is 0. The van der Waals surface area contributed by atoms with Crippen LogP contribution in [0.25, 0.3) is 0 Å². The third-order valence-corrected chi connectivity index (χ3v) is 4.03. The molecule has 1 aliphatic heterocycles.